The standard InChI is InChI=1S/C28H43N7O9/c1-16(2)13-19(23(38)31-18(11-12-21(29)36)25(40)34-35-27(42)44-28(3,4)5)32-24(39)20(14-22(30)37)33-26(41)43-15-17-9-7-6-8-10-17/h6-10,16,18-20H,11-15H2,1-5H3,(H2,29,36)(H2,30,37)(H,31,38)(H,32,39)(H,33,41)(H,34,40)(H,35,42)/t18-,19-,20-/m0/s1. The van der Waals surface area contributed by atoms with Crippen LogP contribution in [0.5, 0.6) is 0 Å². The lowest BCUT2D eigenvalue weighted by molar-refractivity contribution is -0.134. The Morgan fingerprint density at radius 2 is 1.34 bits per heavy atom. The number of hydrogen-bond acceptors (Lipinski definition) is 9. The number of nitrogens with one attached hydrogen (secondary N) is 5. The SMILES string of the molecule is CC(C)C[C@H](NC(=O)[C@H](CC(N)=O)NC(=O)OCc1ccccc1)C(=O)N[C@@H](CCC(N)=O)C(=O)NNC(=O)OC(C)(C)C. The highest BCUT2D eigenvalue weighted by Gasteiger charge is 2.31. The third kappa shape index (κ3) is 15.9. The summed E-state index contributed by atoms with van der Waals surface area (Å²) < 4.78 is 10.2. The van der Waals surface area contributed by atoms with E-state index in [9.17, 15) is 33.6 Å². The zero-order valence-corrected chi connectivity index (χ0v) is 25.6. The Hall–Kier alpha value is -4.89. The minimum absolute atomic E-state index is 0.0830. The predicted octanol–water partition coefficient (Wildman–Crippen LogP) is -0.00610. The van der Waals surface area contributed by atoms with Crippen LogP contribution in [-0.2, 0) is 40.1 Å². The molecule has 0 aliphatic carbocycles. The molecule has 0 aromatic heterocycles. The number of amides is 7. The van der Waals surface area contributed by atoms with Crippen LogP contribution in [0.25, 0.3) is 0 Å². The maximum atomic E-state index is 13.3. The molecule has 0 saturated heterocycles. The number of rotatable bonds is 15. The largest absolute Gasteiger partial charge is 0.445 e. The predicted molar refractivity (Wildman–Crippen MR) is 157 cm³/mol. The van der Waals surface area contributed by atoms with E-state index in [0.29, 0.717) is 5.56 Å². The molecule has 0 heterocycles. The fourth-order valence-corrected chi connectivity index (χ4v) is 3.62. The number of hydrogen-bond donors (Lipinski definition) is 7. The van der Waals surface area contributed by atoms with E-state index in [4.69, 9.17) is 20.9 Å². The summed E-state index contributed by atoms with van der Waals surface area (Å²) in [6.45, 7) is 8.29. The molecular weight excluding hydrogens is 578 g/mol. The van der Waals surface area contributed by atoms with E-state index in [2.05, 4.69) is 26.8 Å². The quantitative estimate of drug-likeness (QED) is 0.130. The van der Waals surface area contributed by atoms with Crippen molar-refractivity contribution in [1.29, 1.82) is 0 Å². The van der Waals surface area contributed by atoms with Gasteiger partial charge in [0.2, 0.25) is 23.6 Å². The van der Waals surface area contributed by atoms with Crippen LogP contribution in [0.3, 0.4) is 0 Å². The molecule has 0 aliphatic rings. The van der Waals surface area contributed by atoms with Crippen molar-refractivity contribution in [3.8, 4) is 0 Å². The molecule has 0 fully saturated rings. The van der Waals surface area contributed by atoms with Gasteiger partial charge in [-0.15, -0.1) is 0 Å². The zero-order chi connectivity index (χ0) is 33.4. The summed E-state index contributed by atoms with van der Waals surface area (Å²) in [5.74, 6) is -4.42. The molecule has 244 valence electrons. The smallest absolute Gasteiger partial charge is 0.426 e. The Kier molecular flexibility index (Phi) is 15.1. The molecule has 1 aromatic rings. The molecule has 9 N–H and O–H groups in total. The summed E-state index contributed by atoms with van der Waals surface area (Å²) in [5, 5.41) is 7.20. The van der Waals surface area contributed by atoms with E-state index in [1.54, 1.807) is 65.0 Å². The molecule has 1 aromatic carbocycles. The average molecular weight is 622 g/mol. The van der Waals surface area contributed by atoms with Gasteiger partial charge >= 0.3 is 12.2 Å². The van der Waals surface area contributed by atoms with E-state index in [-0.39, 0.29) is 31.8 Å². The molecule has 0 spiro atoms. The number of primary amides is 2. The van der Waals surface area contributed by atoms with Crippen LogP contribution in [-0.4, -0.2) is 65.4 Å². The number of carbonyl (C=O) groups excluding carboxylic acids is 7. The Morgan fingerprint density at radius 1 is 0.750 bits per heavy atom. The molecule has 7 amide bonds. The zero-order valence-electron chi connectivity index (χ0n) is 25.6. The van der Waals surface area contributed by atoms with E-state index < -0.39 is 71.9 Å². The second-order valence-corrected chi connectivity index (χ2v) is 11.3. The second kappa shape index (κ2) is 17.9. The number of benzene rings is 1. The summed E-state index contributed by atoms with van der Waals surface area (Å²) >= 11 is 0. The highest BCUT2D eigenvalue weighted by molar-refractivity contribution is 5.95. The van der Waals surface area contributed by atoms with E-state index in [1.165, 1.54) is 0 Å². The molecule has 0 aliphatic heterocycles. The van der Waals surface area contributed by atoms with Crippen molar-refractivity contribution in [1.82, 2.24) is 26.8 Å². The molecule has 16 nitrogen and oxygen atoms in total. The lowest BCUT2D eigenvalue weighted by atomic mass is 10.0. The molecule has 44 heavy (non-hydrogen) atoms. The highest BCUT2D eigenvalue weighted by Crippen LogP contribution is 2.09. The van der Waals surface area contributed by atoms with Gasteiger partial charge in [-0.25, -0.2) is 15.0 Å². The van der Waals surface area contributed by atoms with Crippen molar-refractivity contribution in [3.05, 3.63) is 35.9 Å². The number of hydrazine groups is 1. The molecule has 1 rings (SSSR count). The molecule has 0 radical (unpaired) electrons. The Morgan fingerprint density at radius 3 is 1.89 bits per heavy atom. The van der Waals surface area contributed by atoms with Crippen LogP contribution in [0, 0.1) is 5.92 Å². The molecular formula is C28H43N7O9. The maximum Gasteiger partial charge on any atom is 0.426 e. The van der Waals surface area contributed by atoms with Gasteiger partial charge in [-0.1, -0.05) is 44.2 Å². The van der Waals surface area contributed by atoms with Gasteiger partial charge < -0.3 is 36.9 Å². The first-order valence-electron chi connectivity index (χ1n) is 13.9. The van der Waals surface area contributed by atoms with E-state index in [1.807, 2.05) is 0 Å². The van der Waals surface area contributed by atoms with Crippen LogP contribution >= 0.6 is 0 Å². The normalized spacial score (nSPS) is 13.0. The first-order valence-corrected chi connectivity index (χ1v) is 13.9. The van der Waals surface area contributed by atoms with Crippen molar-refractivity contribution in [2.24, 2.45) is 17.4 Å². The number of alkyl carbamates (subject to hydrolysis) is 1. The van der Waals surface area contributed by atoms with E-state index in [0.717, 1.165) is 0 Å². The van der Waals surface area contributed by atoms with Crippen molar-refractivity contribution in [3.63, 3.8) is 0 Å². The van der Waals surface area contributed by atoms with E-state index >= 15 is 0 Å². The summed E-state index contributed by atoms with van der Waals surface area (Å²) in [5.41, 5.74) is 14.5. The fraction of sp³-hybridized carbons (Fsp3) is 0.536. The summed E-state index contributed by atoms with van der Waals surface area (Å²) in [6, 6.07) is 4.64. The van der Waals surface area contributed by atoms with Gasteiger partial charge in [0, 0.05) is 6.42 Å². The van der Waals surface area contributed by atoms with Gasteiger partial charge in [0.1, 0.15) is 30.3 Å². The van der Waals surface area contributed by atoms with Gasteiger partial charge in [0.05, 0.1) is 6.42 Å². The van der Waals surface area contributed by atoms with Crippen LogP contribution in [0.4, 0.5) is 9.59 Å². The highest BCUT2D eigenvalue weighted by atomic mass is 16.6. The third-order valence-corrected chi connectivity index (χ3v) is 5.57. The molecule has 0 bridgehead atoms. The van der Waals surface area contributed by atoms with Crippen molar-refractivity contribution in [2.45, 2.75) is 90.6 Å². The van der Waals surface area contributed by atoms with Gasteiger partial charge in [0.15, 0.2) is 0 Å². The first-order chi connectivity index (χ1) is 20.5. The second-order valence-electron chi connectivity index (χ2n) is 11.3. The van der Waals surface area contributed by atoms with Gasteiger partial charge in [0.25, 0.3) is 5.91 Å². The van der Waals surface area contributed by atoms with Gasteiger partial charge in [-0.3, -0.25) is 29.4 Å². The summed E-state index contributed by atoms with van der Waals surface area (Å²) in [4.78, 5) is 86.6. The fourth-order valence-electron chi connectivity index (χ4n) is 3.62. The summed E-state index contributed by atoms with van der Waals surface area (Å²) in [7, 11) is 0. The lowest BCUT2D eigenvalue weighted by Crippen LogP contribution is -2.58. The molecule has 16 heteroatoms. The summed E-state index contributed by atoms with van der Waals surface area (Å²) in [6.07, 6.45) is -3.00. The van der Waals surface area contributed by atoms with Crippen molar-refractivity contribution < 1.29 is 43.0 Å². The molecule has 3 atom stereocenters. The Bertz CT molecular complexity index is 1170. The van der Waals surface area contributed by atoms with Gasteiger partial charge in [-0.05, 0) is 45.1 Å². The number of nitrogens with two attached hydrogens (primary N) is 2. The molecule has 0 saturated carbocycles. The number of carbonyl (C=O) groups is 7. The monoisotopic (exact) mass is 621 g/mol. The van der Waals surface area contributed by atoms with Crippen LogP contribution in [0.15, 0.2) is 30.3 Å². The van der Waals surface area contributed by atoms with Crippen molar-refractivity contribution in [2.75, 3.05) is 0 Å². The van der Waals surface area contributed by atoms with Crippen LogP contribution in [0.2, 0.25) is 0 Å². The maximum absolute atomic E-state index is 13.3. The average Bonchev–Trinajstić information content (AvgIpc) is 2.91. The number of ether oxygens (including phenoxy) is 2. The lowest BCUT2D eigenvalue weighted by Gasteiger charge is -2.26. The Labute approximate surface area is 255 Å². The first kappa shape index (κ1) is 37.1. The minimum Gasteiger partial charge on any atom is -0.445 e. The Balaban J connectivity index is 3.00. The molecule has 0 unspecified atom stereocenters. The van der Waals surface area contributed by atoms with Gasteiger partial charge in [-0.2, -0.15) is 0 Å². The van der Waals surface area contributed by atoms with Crippen LogP contribution < -0.4 is 38.3 Å². The topological polar surface area (TPSA) is 250 Å². The third-order valence-electron chi connectivity index (χ3n) is 5.57. The minimum atomic E-state index is -1.48. The van der Waals surface area contributed by atoms with Crippen LogP contribution in [0.1, 0.15) is 65.9 Å². The van der Waals surface area contributed by atoms with Crippen molar-refractivity contribution >= 4 is 41.7 Å².